The Morgan fingerprint density at radius 1 is 1.21 bits per heavy atom. The molecule has 0 spiro atoms. The Bertz CT molecular complexity index is 528. The maximum atomic E-state index is 5.91. The summed E-state index contributed by atoms with van der Waals surface area (Å²) in [5.74, 6) is 0. The van der Waals surface area contributed by atoms with Crippen LogP contribution in [0.4, 0.5) is 5.69 Å². The van der Waals surface area contributed by atoms with Crippen LogP contribution in [0.2, 0.25) is 0 Å². The third kappa shape index (κ3) is 3.28. The standard InChI is InChI=1S/C15H19N3S/c1-18(11-12-6-8-17-9-7-12)14-4-3-5-15(19-2)13(14)10-16/h3-9H,10-11,16H2,1-2H3. The number of nitrogens with two attached hydrogens (primary N) is 1. The van der Waals surface area contributed by atoms with E-state index in [9.17, 15) is 0 Å². The second-order valence-electron chi connectivity index (χ2n) is 4.37. The number of thioether (sulfide) groups is 1. The minimum Gasteiger partial charge on any atom is -0.370 e. The second kappa shape index (κ2) is 6.59. The topological polar surface area (TPSA) is 42.2 Å². The van der Waals surface area contributed by atoms with Gasteiger partial charge in [0, 0.05) is 48.7 Å². The SMILES string of the molecule is CSc1cccc(N(C)Cc2ccncc2)c1CN. The van der Waals surface area contributed by atoms with Crippen LogP contribution in [0.25, 0.3) is 0 Å². The molecule has 0 aliphatic rings. The molecule has 0 amide bonds. The monoisotopic (exact) mass is 273 g/mol. The number of nitrogens with zero attached hydrogens (tertiary/aromatic N) is 2. The molecule has 0 unspecified atom stereocenters. The van der Waals surface area contributed by atoms with E-state index in [1.54, 1.807) is 11.8 Å². The lowest BCUT2D eigenvalue weighted by Crippen LogP contribution is -2.19. The molecule has 2 aromatic rings. The third-order valence-corrected chi connectivity index (χ3v) is 3.94. The van der Waals surface area contributed by atoms with Gasteiger partial charge < -0.3 is 10.6 Å². The first-order valence-electron chi connectivity index (χ1n) is 6.22. The van der Waals surface area contributed by atoms with Gasteiger partial charge in [-0.1, -0.05) is 6.07 Å². The van der Waals surface area contributed by atoms with Crippen LogP contribution < -0.4 is 10.6 Å². The van der Waals surface area contributed by atoms with Crippen LogP contribution in [0.15, 0.2) is 47.6 Å². The van der Waals surface area contributed by atoms with E-state index < -0.39 is 0 Å². The van der Waals surface area contributed by atoms with Gasteiger partial charge in [-0.05, 0) is 36.1 Å². The van der Waals surface area contributed by atoms with Crippen molar-refractivity contribution in [1.29, 1.82) is 0 Å². The molecule has 0 aliphatic carbocycles. The number of hydrogen-bond acceptors (Lipinski definition) is 4. The molecule has 2 rings (SSSR count). The zero-order chi connectivity index (χ0) is 13.7. The summed E-state index contributed by atoms with van der Waals surface area (Å²) in [4.78, 5) is 7.53. The van der Waals surface area contributed by atoms with Crippen molar-refractivity contribution in [3.8, 4) is 0 Å². The van der Waals surface area contributed by atoms with Crippen LogP contribution in [0.5, 0.6) is 0 Å². The van der Waals surface area contributed by atoms with Crippen LogP contribution in [-0.4, -0.2) is 18.3 Å². The molecule has 0 saturated carbocycles. The van der Waals surface area contributed by atoms with E-state index in [1.807, 2.05) is 24.5 Å². The predicted molar refractivity (Wildman–Crippen MR) is 82.5 cm³/mol. The Balaban J connectivity index is 2.26. The largest absolute Gasteiger partial charge is 0.370 e. The first-order valence-corrected chi connectivity index (χ1v) is 7.44. The van der Waals surface area contributed by atoms with Crippen molar-refractivity contribution in [2.24, 2.45) is 5.73 Å². The Labute approximate surface area is 118 Å². The van der Waals surface area contributed by atoms with Crippen molar-refractivity contribution >= 4 is 17.4 Å². The van der Waals surface area contributed by atoms with Crippen LogP contribution in [0.3, 0.4) is 0 Å². The Morgan fingerprint density at radius 2 is 1.95 bits per heavy atom. The number of pyridine rings is 1. The lowest BCUT2D eigenvalue weighted by Gasteiger charge is -2.23. The molecule has 19 heavy (non-hydrogen) atoms. The zero-order valence-electron chi connectivity index (χ0n) is 11.3. The quantitative estimate of drug-likeness (QED) is 0.851. The van der Waals surface area contributed by atoms with Crippen molar-refractivity contribution < 1.29 is 0 Å². The van der Waals surface area contributed by atoms with Gasteiger partial charge in [-0.2, -0.15) is 0 Å². The maximum absolute atomic E-state index is 5.91. The Kier molecular flexibility index (Phi) is 4.82. The summed E-state index contributed by atoms with van der Waals surface area (Å²) in [6.07, 6.45) is 5.73. The number of aromatic nitrogens is 1. The van der Waals surface area contributed by atoms with Gasteiger partial charge in [-0.25, -0.2) is 0 Å². The lowest BCUT2D eigenvalue weighted by atomic mass is 10.1. The molecule has 0 radical (unpaired) electrons. The van der Waals surface area contributed by atoms with Crippen molar-refractivity contribution in [3.63, 3.8) is 0 Å². The van der Waals surface area contributed by atoms with Gasteiger partial charge in [0.25, 0.3) is 0 Å². The number of hydrogen-bond donors (Lipinski definition) is 1. The molecule has 0 atom stereocenters. The van der Waals surface area contributed by atoms with Crippen molar-refractivity contribution in [2.45, 2.75) is 18.0 Å². The van der Waals surface area contributed by atoms with Crippen molar-refractivity contribution in [1.82, 2.24) is 4.98 Å². The second-order valence-corrected chi connectivity index (χ2v) is 5.22. The first kappa shape index (κ1) is 13.9. The van der Waals surface area contributed by atoms with Crippen LogP contribution >= 0.6 is 11.8 Å². The molecule has 0 fully saturated rings. The van der Waals surface area contributed by atoms with E-state index in [0.29, 0.717) is 6.54 Å². The third-order valence-electron chi connectivity index (χ3n) is 3.11. The van der Waals surface area contributed by atoms with Gasteiger partial charge in [0.2, 0.25) is 0 Å². The highest BCUT2D eigenvalue weighted by molar-refractivity contribution is 7.98. The average molecular weight is 273 g/mol. The molecule has 0 bridgehead atoms. The molecule has 0 aliphatic heterocycles. The van der Waals surface area contributed by atoms with E-state index in [1.165, 1.54) is 21.7 Å². The van der Waals surface area contributed by atoms with Gasteiger partial charge in [0.1, 0.15) is 0 Å². The highest BCUT2D eigenvalue weighted by Crippen LogP contribution is 2.29. The highest BCUT2D eigenvalue weighted by Gasteiger charge is 2.10. The van der Waals surface area contributed by atoms with Crippen molar-refractivity contribution in [3.05, 3.63) is 53.9 Å². The highest BCUT2D eigenvalue weighted by atomic mass is 32.2. The molecular formula is C15H19N3S. The van der Waals surface area contributed by atoms with E-state index >= 15 is 0 Å². The number of benzene rings is 1. The Morgan fingerprint density at radius 3 is 2.58 bits per heavy atom. The van der Waals surface area contributed by atoms with E-state index in [-0.39, 0.29) is 0 Å². The first-order chi connectivity index (χ1) is 9.26. The van der Waals surface area contributed by atoms with E-state index in [0.717, 1.165) is 6.54 Å². The molecule has 1 aromatic carbocycles. The smallest absolute Gasteiger partial charge is 0.0427 e. The molecule has 100 valence electrons. The van der Waals surface area contributed by atoms with Crippen LogP contribution in [-0.2, 0) is 13.1 Å². The Hall–Kier alpha value is -1.52. The molecule has 1 heterocycles. The van der Waals surface area contributed by atoms with Gasteiger partial charge >= 0.3 is 0 Å². The molecule has 3 nitrogen and oxygen atoms in total. The minimum atomic E-state index is 0.563. The summed E-state index contributed by atoms with van der Waals surface area (Å²) in [7, 11) is 2.10. The average Bonchev–Trinajstić information content (AvgIpc) is 2.47. The fourth-order valence-corrected chi connectivity index (χ4v) is 2.80. The lowest BCUT2D eigenvalue weighted by molar-refractivity contribution is 0.892. The molecule has 1 aromatic heterocycles. The summed E-state index contributed by atoms with van der Waals surface area (Å²) in [6, 6.07) is 10.4. The number of rotatable bonds is 5. The summed E-state index contributed by atoms with van der Waals surface area (Å²) >= 11 is 1.74. The summed E-state index contributed by atoms with van der Waals surface area (Å²) in [5, 5.41) is 0. The zero-order valence-corrected chi connectivity index (χ0v) is 12.2. The fourth-order valence-electron chi connectivity index (χ4n) is 2.16. The minimum absolute atomic E-state index is 0.563. The fraction of sp³-hybridized carbons (Fsp3) is 0.267. The van der Waals surface area contributed by atoms with Crippen molar-refractivity contribution in [2.75, 3.05) is 18.2 Å². The van der Waals surface area contributed by atoms with Gasteiger partial charge in [0.05, 0.1) is 0 Å². The molecular weight excluding hydrogens is 254 g/mol. The van der Waals surface area contributed by atoms with Gasteiger partial charge in [0.15, 0.2) is 0 Å². The normalized spacial score (nSPS) is 10.5. The molecule has 4 heteroatoms. The summed E-state index contributed by atoms with van der Waals surface area (Å²) in [6.45, 7) is 1.42. The van der Waals surface area contributed by atoms with E-state index in [2.05, 4.69) is 41.4 Å². The molecule has 2 N–H and O–H groups in total. The van der Waals surface area contributed by atoms with Crippen LogP contribution in [0.1, 0.15) is 11.1 Å². The maximum Gasteiger partial charge on any atom is 0.0427 e. The predicted octanol–water partition coefficient (Wildman–Crippen LogP) is 2.90. The molecule has 0 saturated heterocycles. The van der Waals surface area contributed by atoms with E-state index in [4.69, 9.17) is 5.73 Å². The summed E-state index contributed by atoms with van der Waals surface area (Å²) < 4.78 is 0. The van der Waals surface area contributed by atoms with Gasteiger partial charge in [-0.3, -0.25) is 4.98 Å². The van der Waals surface area contributed by atoms with Crippen LogP contribution in [0, 0.1) is 0 Å². The van der Waals surface area contributed by atoms with Gasteiger partial charge in [-0.15, -0.1) is 11.8 Å². The summed E-state index contributed by atoms with van der Waals surface area (Å²) in [5.41, 5.74) is 9.57. The number of anilines is 1.